The van der Waals surface area contributed by atoms with Crippen LogP contribution < -0.4 is 20.7 Å². The second-order valence-electron chi connectivity index (χ2n) is 7.30. The maximum Gasteiger partial charge on any atom is 0.320 e. The van der Waals surface area contributed by atoms with Crippen LogP contribution in [0.3, 0.4) is 0 Å². The average Bonchev–Trinajstić information content (AvgIpc) is 3.27. The van der Waals surface area contributed by atoms with Crippen molar-refractivity contribution in [2.45, 2.75) is 33.2 Å². The number of amides is 3. The maximum absolute atomic E-state index is 13.0. The molecule has 0 radical (unpaired) electrons. The lowest BCUT2D eigenvalue weighted by atomic mass is 9.98. The number of rotatable bonds is 9. The minimum absolute atomic E-state index is 0.100. The summed E-state index contributed by atoms with van der Waals surface area (Å²) in [7, 11) is 0. The molecule has 0 aliphatic carbocycles. The van der Waals surface area contributed by atoms with Crippen molar-refractivity contribution in [1.82, 2.24) is 15.5 Å². The Hall–Kier alpha value is -2.98. The van der Waals surface area contributed by atoms with Gasteiger partial charge in [-0.1, -0.05) is 71.8 Å². The van der Waals surface area contributed by atoms with Gasteiger partial charge in [-0.3, -0.25) is 10.1 Å². The smallest absolute Gasteiger partial charge is 0.320 e. The normalized spacial score (nSPS) is 12.5. The Bertz CT molecular complexity index is 1090. The maximum atomic E-state index is 13.0. The fourth-order valence-corrected chi connectivity index (χ4v) is 4.04. The van der Waals surface area contributed by atoms with Crippen LogP contribution >= 0.6 is 27.3 Å². The lowest BCUT2D eigenvalue weighted by molar-refractivity contribution is -0.119. The van der Waals surface area contributed by atoms with Gasteiger partial charge >= 0.3 is 6.03 Å². The zero-order valence-electron chi connectivity index (χ0n) is 18.6. The standard InChI is InChI=1S/C23H26BrN5O3S/c1-4-14(3)19(26-22(31)25-17-8-6-7-9-18(17)32-5-2)20(30)27-23-29-28-21(33-23)15-10-12-16(24)13-11-15/h6-14,19H,4-5H2,1-3H3,(H2,25,26,31)(H,27,29,30)/t14-,19+/m0/s1. The van der Waals surface area contributed by atoms with Crippen molar-refractivity contribution in [1.29, 1.82) is 0 Å². The number of halogens is 1. The van der Waals surface area contributed by atoms with Crippen molar-refractivity contribution < 1.29 is 14.3 Å². The Kier molecular flexibility index (Phi) is 8.79. The molecule has 3 amide bonds. The number of hydrogen-bond donors (Lipinski definition) is 3. The average molecular weight is 532 g/mol. The molecule has 0 saturated carbocycles. The van der Waals surface area contributed by atoms with Crippen LogP contribution in [0.5, 0.6) is 5.75 Å². The molecule has 3 aromatic rings. The fourth-order valence-electron chi connectivity index (χ4n) is 3.02. The van der Waals surface area contributed by atoms with Crippen molar-refractivity contribution in [2.24, 2.45) is 5.92 Å². The molecule has 2 atom stereocenters. The first-order valence-corrected chi connectivity index (χ1v) is 12.2. The third-order valence-electron chi connectivity index (χ3n) is 4.96. The molecule has 3 rings (SSSR count). The van der Waals surface area contributed by atoms with Gasteiger partial charge in [-0.15, -0.1) is 10.2 Å². The number of carbonyl (C=O) groups excluding carboxylic acids is 2. The SMILES string of the molecule is CCOc1ccccc1NC(=O)N[C@@H](C(=O)Nc1nnc(-c2ccc(Br)cc2)s1)[C@@H](C)CC. The van der Waals surface area contributed by atoms with E-state index in [0.29, 0.717) is 34.6 Å². The lowest BCUT2D eigenvalue weighted by Gasteiger charge is -2.23. The second-order valence-corrected chi connectivity index (χ2v) is 9.19. The lowest BCUT2D eigenvalue weighted by Crippen LogP contribution is -2.49. The summed E-state index contributed by atoms with van der Waals surface area (Å²) >= 11 is 4.68. The van der Waals surface area contributed by atoms with Crippen molar-refractivity contribution in [3.63, 3.8) is 0 Å². The van der Waals surface area contributed by atoms with E-state index in [2.05, 4.69) is 42.1 Å². The van der Waals surface area contributed by atoms with E-state index in [1.54, 1.807) is 18.2 Å². The zero-order valence-corrected chi connectivity index (χ0v) is 21.0. The van der Waals surface area contributed by atoms with Gasteiger partial charge in [0.2, 0.25) is 11.0 Å². The minimum Gasteiger partial charge on any atom is -0.492 e. The summed E-state index contributed by atoms with van der Waals surface area (Å²) in [6, 6.07) is 13.6. The number of hydrogen-bond acceptors (Lipinski definition) is 6. The quantitative estimate of drug-likeness (QED) is 0.336. The second kappa shape index (κ2) is 11.8. The highest BCUT2D eigenvalue weighted by Gasteiger charge is 2.27. The number of nitrogens with zero attached hydrogens (tertiary/aromatic N) is 2. The Morgan fingerprint density at radius 3 is 2.48 bits per heavy atom. The third-order valence-corrected chi connectivity index (χ3v) is 6.38. The molecule has 0 aliphatic heterocycles. The van der Waals surface area contributed by atoms with Gasteiger partial charge in [0, 0.05) is 10.0 Å². The molecular formula is C23H26BrN5O3S. The Labute approximate surface area is 205 Å². The van der Waals surface area contributed by atoms with E-state index >= 15 is 0 Å². The van der Waals surface area contributed by atoms with Gasteiger partial charge in [0.1, 0.15) is 16.8 Å². The fraction of sp³-hybridized carbons (Fsp3) is 0.304. The highest BCUT2D eigenvalue weighted by Crippen LogP contribution is 2.28. The molecule has 2 aromatic carbocycles. The van der Waals surface area contributed by atoms with Gasteiger partial charge in [-0.2, -0.15) is 0 Å². The first kappa shape index (κ1) is 24.7. The minimum atomic E-state index is -0.755. The van der Waals surface area contributed by atoms with Crippen molar-refractivity contribution in [2.75, 3.05) is 17.2 Å². The monoisotopic (exact) mass is 531 g/mol. The molecule has 0 bridgehead atoms. The summed E-state index contributed by atoms with van der Waals surface area (Å²) in [5, 5.41) is 17.6. The van der Waals surface area contributed by atoms with Crippen molar-refractivity contribution in [3.8, 4) is 16.3 Å². The summed E-state index contributed by atoms with van der Waals surface area (Å²) in [6.45, 7) is 6.22. The van der Waals surface area contributed by atoms with Crippen LogP contribution in [-0.2, 0) is 4.79 Å². The molecule has 10 heteroatoms. The Morgan fingerprint density at radius 1 is 1.06 bits per heavy atom. The summed E-state index contributed by atoms with van der Waals surface area (Å²) < 4.78 is 6.51. The molecule has 8 nitrogen and oxygen atoms in total. The van der Waals surface area contributed by atoms with E-state index in [1.807, 2.05) is 51.1 Å². The van der Waals surface area contributed by atoms with Crippen LogP contribution in [0.1, 0.15) is 27.2 Å². The molecule has 0 aliphatic rings. The molecule has 0 fully saturated rings. The number of urea groups is 1. The van der Waals surface area contributed by atoms with Crippen molar-refractivity contribution in [3.05, 3.63) is 53.0 Å². The van der Waals surface area contributed by atoms with Gasteiger partial charge in [0.05, 0.1) is 12.3 Å². The molecular weight excluding hydrogens is 506 g/mol. The van der Waals surface area contributed by atoms with Gasteiger partial charge in [0.25, 0.3) is 0 Å². The van der Waals surface area contributed by atoms with E-state index < -0.39 is 12.1 Å². The van der Waals surface area contributed by atoms with Gasteiger partial charge in [-0.05, 0) is 37.1 Å². The summed E-state index contributed by atoms with van der Waals surface area (Å²) in [5.41, 5.74) is 1.43. The van der Waals surface area contributed by atoms with E-state index in [0.717, 1.165) is 10.0 Å². The van der Waals surface area contributed by atoms with Gasteiger partial charge in [-0.25, -0.2) is 4.79 Å². The first-order valence-electron chi connectivity index (χ1n) is 10.6. The number of ether oxygens (including phenoxy) is 1. The molecule has 33 heavy (non-hydrogen) atoms. The van der Waals surface area contributed by atoms with E-state index in [-0.39, 0.29) is 11.8 Å². The number of benzene rings is 2. The van der Waals surface area contributed by atoms with Crippen LogP contribution in [-0.4, -0.2) is 34.8 Å². The molecule has 0 spiro atoms. The van der Waals surface area contributed by atoms with Crippen LogP contribution in [0, 0.1) is 5.92 Å². The first-order chi connectivity index (χ1) is 15.9. The van der Waals surface area contributed by atoms with E-state index in [4.69, 9.17) is 4.74 Å². The molecule has 0 unspecified atom stereocenters. The van der Waals surface area contributed by atoms with Crippen LogP contribution in [0.4, 0.5) is 15.6 Å². The summed E-state index contributed by atoms with van der Waals surface area (Å²) in [5.74, 6) is 0.113. The highest BCUT2D eigenvalue weighted by molar-refractivity contribution is 9.10. The van der Waals surface area contributed by atoms with Gasteiger partial charge < -0.3 is 15.4 Å². The highest BCUT2D eigenvalue weighted by atomic mass is 79.9. The topological polar surface area (TPSA) is 105 Å². The zero-order chi connectivity index (χ0) is 23.8. The van der Waals surface area contributed by atoms with Crippen LogP contribution in [0.2, 0.25) is 0 Å². The Balaban J connectivity index is 1.68. The predicted molar refractivity (Wildman–Crippen MR) is 135 cm³/mol. The Morgan fingerprint density at radius 2 is 1.79 bits per heavy atom. The molecule has 1 aromatic heterocycles. The predicted octanol–water partition coefficient (Wildman–Crippen LogP) is 5.54. The van der Waals surface area contributed by atoms with Gasteiger partial charge in [0.15, 0.2) is 0 Å². The van der Waals surface area contributed by atoms with Crippen LogP contribution in [0.15, 0.2) is 53.0 Å². The number of para-hydroxylation sites is 2. The molecule has 3 N–H and O–H groups in total. The number of anilines is 2. The molecule has 1 heterocycles. The number of aromatic nitrogens is 2. The van der Waals surface area contributed by atoms with Crippen molar-refractivity contribution >= 4 is 50.0 Å². The third kappa shape index (κ3) is 6.75. The summed E-state index contributed by atoms with van der Waals surface area (Å²) in [4.78, 5) is 25.7. The summed E-state index contributed by atoms with van der Waals surface area (Å²) in [6.07, 6.45) is 0.703. The largest absolute Gasteiger partial charge is 0.492 e. The molecule has 0 saturated heterocycles. The molecule has 174 valence electrons. The van der Waals surface area contributed by atoms with Crippen LogP contribution in [0.25, 0.3) is 10.6 Å². The number of carbonyl (C=O) groups is 2. The van der Waals surface area contributed by atoms with E-state index in [1.165, 1.54) is 11.3 Å². The number of nitrogens with one attached hydrogen (secondary N) is 3. The van der Waals surface area contributed by atoms with E-state index in [9.17, 15) is 9.59 Å².